The maximum absolute atomic E-state index is 13.3. The van der Waals surface area contributed by atoms with Gasteiger partial charge in [-0.05, 0) is 54.9 Å². The number of rotatable bonds is 7. The predicted molar refractivity (Wildman–Crippen MR) is 134 cm³/mol. The van der Waals surface area contributed by atoms with Crippen LogP contribution in [0.3, 0.4) is 0 Å². The van der Waals surface area contributed by atoms with E-state index in [1.54, 1.807) is 0 Å². The molecule has 0 radical (unpaired) electrons. The Morgan fingerprint density at radius 3 is 2.00 bits per heavy atom. The number of amides is 1. The van der Waals surface area contributed by atoms with Crippen molar-refractivity contribution < 1.29 is 4.79 Å². The quantitative estimate of drug-likeness (QED) is 0.391. The number of nitrogens with zero attached hydrogens (tertiary/aromatic N) is 4. The van der Waals surface area contributed by atoms with Gasteiger partial charge in [0.2, 0.25) is 5.82 Å². The number of para-hydroxylation sites is 1. The minimum absolute atomic E-state index is 0.0613. The molecule has 0 spiro atoms. The second-order valence-electron chi connectivity index (χ2n) is 9.01. The van der Waals surface area contributed by atoms with E-state index in [-0.39, 0.29) is 5.91 Å². The molecule has 0 aliphatic carbocycles. The van der Waals surface area contributed by atoms with Crippen LogP contribution in [0.4, 0.5) is 0 Å². The van der Waals surface area contributed by atoms with Crippen LogP contribution in [0.1, 0.15) is 40.4 Å². The van der Waals surface area contributed by atoms with Gasteiger partial charge in [0.15, 0.2) is 0 Å². The average Bonchev–Trinajstić information content (AvgIpc) is 3.34. The van der Waals surface area contributed by atoms with Gasteiger partial charge in [-0.15, -0.1) is 5.10 Å². The molecular formula is C29H30N4O. The summed E-state index contributed by atoms with van der Waals surface area (Å²) in [6, 6.07) is 30.9. The maximum atomic E-state index is 13.3. The molecule has 1 aliphatic heterocycles. The van der Waals surface area contributed by atoms with Crippen molar-refractivity contribution in [3.05, 3.63) is 114 Å². The Balaban J connectivity index is 1.29. The molecule has 0 saturated carbocycles. The maximum Gasteiger partial charge on any atom is 0.293 e. The van der Waals surface area contributed by atoms with Crippen molar-refractivity contribution in [1.82, 2.24) is 19.7 Å². The normalized spacial score (nSPS) is 14.3. The van der Waals surface area contributed by atoms with Crippen LogP contribution in [0.2, 0.25) is 0 Å². The molecule has 1 saturated heterocycles. The van der Waals surface area contributed by atoms with Crippen LogP contribution in [-0.4, -0.2) is 38.7 Å². The molecule has 5 nitrogen and oxygen atoms in total. The number of likely N-dealkylation sites (tertiary alicyclic amines) is 1. The lowest BCUT2D eigenvalue weighted by Gasteiger charge is -2.31. The van der Waals surface area contributed by atoms with Crippen LogP contribution < -0.4 is 0 Å². The van der Waals surface area contributed by atoms with Gasteiger partial charge in [-0.3, -0.25) is 4.79 Å². The molecule has 2 heterocycles. The number of hydrogen-bond donors (Lipinski definition) is 0. The van der Waals surface area contributed by atoms with Crippen molar-refractivity contribution in [3.63, 3.8) is 0 Å². The molecule has 0 atom stereocenters. The van der Waals surface area contributed by atoms with Crippen molar-refractivity contribution in [2.24, 2.45) is 5.92 Å². The van der Waals surface area contributed by atoms with Crippen LogP contribution in [0.25, 0.3) is 5.69 Å². The summed E-state index contributed by atoms with van der Waals surface area (Å²) in [4.78, 5) is 20.0. The Hall–Kier alpha value is -3.73. The molecule has 3 aromatic carbocycles. The third kappa shape index (κ3) is 5.25. The summed E-state index contributed by atoms with van der Waals surface area (Å²) in [7, 11) is 0. The summed E-state index contributed by atoms with van der Waals surface area (Å²) in [5.41, 5.74) is 3.55. The van der Waals surface area contributed by atoms with E-state index in [0.717, 1.165) is 56.7 Å². The molecule has 1 aliphatic rings. The lowest BCUT2D eigenvalue weighted by molar-refractivity contribution is 0.0678. The molecule has 1 amide bonds. The topological polar surface area (TPSA) is 51.0 Å². The standard InChI is InChI=1S/C29H30N4O/c34-29(32-20-18-25(19-21-32)22-24-12-6-2-7-13-24)28-30-27(17-16-23-10-4-1-5-11-23)33(31-28)26-14-8-3-9-15-26/h1-15,25H,16-22H2. The minimum atomic E-state index is -0.0613. The second-order valence-corrected chi connectivity index (χ2v) is 9.01. The first-order valence-corrected chi connectivity index (χ1v) is 12.1. The number of carbonyl (C=O) groups is 1. The number of benzene rings is 3. The molecule has 1 fully saturated rings. The van der Waals surface area contributed by atoms with E-state index in [9.17, 15) is 4.79 Å². The van der Waals surface area contributed by atoms with Gasteiger partial charge in [0.05, 0.1) is 5.69 Å². The van der Waals surface area contributed by atoms with Gasteiger partial charge in [0.1, 0.15) is 5.82 Å². The van der Waals surface area contributed by atoms with Gasteiger partial charge < -0.3 is 4.90 Å². The Morgan fingerprint density at radius 1 is 0.765 bits per heavy atom. The van der Waals surface area contributed by atoms with E-state index in [1.165, 1.54) is 11.1 Å². The fourth-order valence-corrected chi connectivity index (χ4v) is 4.70. The highest BCUT2D eigenvalue weighted by Crippen LogP contribution is 2.23. The van der Waals surface area contributed by atoms with Crippen LogP contribution in [0, 0.1) is 5.92 Å². The molecule has 4 aromatic rings. The molecule has 172 valence electrons. The zero-order chi connectivity index (χ0) is 23.2. The van der Waals surface area contributed by atoms with E-state index in [0.29, 0.717) is 11.7 Å². The summed E-state index contributed by atoms with van der Waals surface area (Å²) < 4.78 is 1.83. The molecule has 1 aromatic heterocycles. The third-order valence-electron chi connectivity index (χ3n) is 6.62. The summed E-state index contributed by atoms with van der Waals surface area (Å²) in [5.74, 6) is 1.67. The fraction of sp³-hybridized carbons (Fsp3) is 0.276. The van der Waals surface area contributed by atoms with Crippen LogP contribution in [-0.2, 0) is 19.3 Å². The average molecular weight is 451 g/mol. The van der Waals surface area contributed by atoms with Gasteiger partial charge in [-0.1, -0.05) is 78.9 Å². The van der Waals surface area contributed by atoms with Crippen molar-refractivity contribution in [1.29, 1.82) is 0 Å². The Kier molecular flexibility index (Phi) is 6.80. The SMILES string of the molecule is O=C(c1nc(CCc2ccccc2)n(-c2ccccc2)n1)N1CCC(Cc2ccccc2)CC1. The van der Waals surface area contributed by atoms with Crippen molar-refractivity contribution in [2.75, 3.05) is 13.1 Å². The van der Waals surface area contributed by atoms with E-state index in [2.05, 4.69) is 47.6 Å². The van der Waals surface area contributed by atoms with Gasteiger partial charge in [-0.2, -0.15) is 0 Å². The monoisotopic (exact) mass is 450 g/mol. The van der Waals surface area contributed by atoms with Gasteiger partial charge >= 0.3 is 0 Å². The van der Waals surface area contributed by atoms with Crippen LogP contribution in [0.5, 0.6) is 0 Å². The third-order valence-corrected chi connectivity index (χ3v) is 6.62. The largest absolute Gasteiger partial charge is 0.336 e. The van der Waals surface area contributed by atoms with Crippen molar-refractivity contribution in [2.45, 2.75) is 32.1 Å². The summed E-state index contributed by atoms with van der Waals surface area (Å²) >= 11 is 0. The molecule has 5 rings (SSSR count). The number of carbonyl (C=O) groups excluding carboxylic acids is 1. The molecule has 0 bridgehead atoms. The van der Waals surface area contributed by atoms with Gasteiger partial charge in [0.25, 0.3) is 5.91 Å². The second kappa shape index (κ2) is 10.5. The smallest absolute Gasteiger partial charge is 0.293 e. The number of aryl methyl sites for hydroxylation is 2. The van der Waals surface area contributed by atoms with E-state index in [4.69, 9.17) is 4.98 Å². The summed E-state index contributed by atoms with van der Waals surface area (Å²) in [5, 5.41) is 4.67. The molecule has 0 unspecified atom stereocenters. The van der Waals surface area contributed by atoms with Crippen LogP contribution >= 0.6 is 0 Å². The molecule has 5 heteroatoms. The fourth-order valence-electron chi connectivity index (χ4n) is 4.70. The Morgan fingerprint density at radius 2 is 1.35 bits per heavy atom. The summed E-state index contributed by atoms with van der Waals surface area (Å²) in [6.45, 7) is 1.52. The van der Waals surface area contributed by atoms with Crippen molar-refractivity contribution >= 4 is 5.91 Å². The van der Waals surface area contributed by atoms with Crippen molar-refractivity contribution in [3.8, 4) is 5.69 Å². The first-order valence-electron chi connectivity index (χ1n) is 12.1. The zero-order valence-corrected chi connectivity index (χ0v) is 19.4. The molecule has 0 N–H and O–H groups in total. The Bertz CT molecular complexity index is 1200. The highest BCUT2D eigenvalue weighted by molar-refractivity contribution is 5.90. The highest BCUT2D eigenvalue weighted by Gasteiger charge is 2.27. The molecule has 34 heavy (non-hydrogen) atoms. The zero-order valence-electron chi connectivity index (χ0n) is 19.4. The number of piperidine rings is 1. The van der Waals surface area contributed by atoms with Gasteiger partial charge in [-0.25, -0.2) is 9.67 Å². The highest BCUT2D eigenvalue weighted by atomic mass is 16.2. The lowest BCUT2D eigenvalue weighted by Crippen LogP contribution is -2.39. The van der Waals surface area contributed by atoms with Crippen LogP contribution in [0.15, 0.2) is 91.0 Å². The first-order chi connectivity index (χ1) is 16.8. The first kappa shape index (κ1) is 22.1. The minimum Gasteiger partial charge on any atom is -0.336 e. The van der Waals surface area contributed by atoms with Gasteiger partial charge in [0, 0.05) is 19.5 Å². The number of hydrogen-bond acceptors (Lipinski definition) is 3. The van der Waals surface area contributed by atoms with E-state index >= 15 is 0 Å². The molecular weight excluding hydrogens is 420 g/mol. The Labute approximate surface area is 201 Å². The van der Waals surface area contributed by atoms with E-state index in [1.807, 2.05) is 58.1 Å². The lowest BCUT2D eigenvalue weighted by atomic mass is 9.90. The predicted octanol–water partition coefficient (Wildman–Crippen LogP) is 5.15. The number of aromatic nitrogens is 3. The van der Waals surface area contributed by atoms with E-state index < -0.39 is 0 Å². The summed E-state index contributed by atoms with van der Waals surface area (Å²) in [6.07, 6.45) is 4.68.